The van der Waals surface area contributed by atoms with Gasteiger partial charge in [-0.25, -0.2) is 4.98 Å². The normalized spacial score (nSPS) is 17.6. The van der Waals surface area contributed by atoms with Gasteiger partial charge in [0.05, 0.1) is 29.1 Å². The van der Waals surface area contributed by atoms with Crippen LogP contribution in [0.3, 0.4) is 0 Å². The lowest BCUT2D eigenvalue weighted by Crippen LogP contribution is -2.44. The van der Waals surface area contributed by atoms with Crippen molar-refractivity contribution in [3.8, 4) is 22.6 Å². The number of piperazine rings is 1. The quantitative estimate of drug-likeness (QED) is 0.366. The summed E-state index contributed by atoms with van der Waals surface area (Å²) in [4.78, 5) is 24.9. The summed E-state index contributed by atoms with van der Waals surface area (Å²) in [5, 5.41) is 8.89. The molecule has 2 fully saturated rings. The first-order valence-corrected chi connectivity index (χ1v) is 13.6. The van der Waals surface area contributed by atoms with Crippen LogP contribution in [0.1, 0.15) is 24.8 Å². The SMILES string of the molecule is CN1CCN(c2cncc3[nH]c(-c4n[nH]c5ccc(-c6cncc(CN7CCCCC7)c6)cc45)nc23)CC1. The molecule has 2 aliphatic rings. The van der Waals surface area contributed by atoms with Crippen LogP contribution in [0.15, 0.2) is 49.1 Å². The number of rotatable bonds is 5. The highest BCUT2D eigenvalue weighted by Gasteiger charge is 2.20. The topological polar surface area (TPSA) is 92.9 Å². The van der Waals surface area contributed by atoms with Crippen molar-refractivity contribution < 1.29 is 0 Å². The van der Waals surface area contributed by atoms with Crippen molar-refractivity contribution in [3.05, 3.63) is 54.6 Å². The third-order valence-electron chi connectivity index (χ3n) is 7.99. The number of hydrogen-bond acceptors (Lipinski definition) is 7. The number of aromatic amines is 2. The minimum absolute atomic E-state index is 0.753. The minimum atomic E-state index is 0.753. The van der Waals surface area contributed by atoms with Crippen LogP contribution >= 0.6 is 0 Å². The molecular formula is C29H33N9. The minimum Gasteiger partial charge on any atom is -0.366 e. The van der Waals surface area contributed by atoms with Gasteiger partial charge in [0.25, 0.3) is 0 Å². The lowest BCUT2D eigenvalue weighted by molar-refractivity contribution is 0.220. The molecular weight excluding hydrogens is 474 g/mol. The van der Waals surface area contributed by atoms with Crippen molar-refractivity contribution in [2.24, 2.45) is 0 Å². The van der Waals surface area contributed by atoms with Crippen LogP contribution in [0, 0.1) is 0 Å². The molecule has 4 aromatic heterocycles. The number of piperidine rings is 1. The molecule has 194 valence electrons. The highest BCUT2D eigenvalue weighted by molar-refractivity contribution is 5.97. The molecule has 0 bridgehead atoms. The van der Waals surface area contributed by atoms with E-state index in [0.29, 0.717) is 0 Å². The number of nitrogens with one attached hydrogen (secondary N) is 2. The second-order valence-corrected chi connectivity index (χ2v) is 10.7. The van der Waals surface area contributed by atoms with Crippen molar-refractivity contribution >= 4 is 27.6 Å². The Morgan fingerprint density at radius 3 is 2.53 bits per heavy atom. The van der Waals surface area contributed by atoms with E-state index in [0.717, 1.165) is 83.0 Å². The lowest BCUT2D eigenvalue weighted by atomic mass is 10.0. The van der Waals surface area contributed by atoms with E-state index in [1.165, 1.54) is 37.9 Å². The molecule has 0 aliphatic carbocycles. The first-order chi connectivity index (χ1) is 18.7. The molecule has 2 aliphatic heterocycles. The van der Waals surface area contributed by atoms with Crippen LogP contribution in [0.4, 0.5) is 5.69 Å². The van der Waals surface area contributed by atoms with E-state index in [1.54, 1.807) is 0 Å². The van der Waals surface area contributed by atoms with Gasteiger partial charge in [-0.3, -0.25) is 20.0 Å². The van der Waals surface area contributed by atoms with E-state index in [9.17, 15) is 0 Å². The maximum absolute atomic E-state index is 5.03. The fourth-order valence-electron chi connectivity index (χ4n) is 5.79. The van der Waals surface area contributed by atoms with Crippen LogP contribution in [0.5, 0.6) is 0 Å². The zero-order valence-electron chi connectivity index (χ0n) is 21.8. The molecule has 38 heavy (non-hydrogen) atoms. The first kappa shape index (κ1) is 23.3. The Balaban J connectivity index is 1.22. The number of fused-ring (bicyclic) bond motifs is 2. The number of aromatic nitrogens is 6. The molecule has 0 atom stereocenters. The van der Waals surface area contributed by atoms with Crippen molar-refractivity contribution in [2.45, 2.75) is 25.8 Å². The number of anilines is 1. The zero-order valence-corrected chi connectivity index (χ0v) is 21.8. The van der Waals surface area contributed by atoms with Crippen molar-refractivity contribution in [1.82, 2.24) is 39.9 Å². The number of likely N-dealkylation sites (tertiary alicyclic amines) is 1. The Kier molecular flexibility index (Phi) is 6.02. The molecule has 2 N–H and O–H groups in total. The van der Waals surface area contributed by atoms with E-state index < -0.39 is 0 Å². The number of imidazole rings is 1. The summed E-state index contributed by atoms with van der Waals surface area (Å²) in [6.07, 6.45) is 11.7. The van der Waals surface area contributed by atoms with Gasteiger partial charge in [0.15, 0.2) is 5.82 Å². The summed E-state index contributed by atoms with van der Waals surface area (Å²) >= 11 is 0. The molecule has 7 rings (SSSR count). The van der Waals surface area contributed by atoms with Gasteiger partial charge in [-0.2, -0.15) is 5.10 Å². The summed E-state index contributed by atoms with van der Waals surface area (Å²) in [6.45, 7) is 7.33. The molecule has 0 amide bonds. The molecule has 5 aromatic rings. The maximum atomic E-state index is 5.03. The molecule has 0 saturated carbocycles. The average Bonchev–Trinajstić information content (AvgIpc) is 3.58. The van der Waals surface area contributed by atoms with Crippen molar-refractivity contribution in [1.29, 1.82) is 0 Å². The average molecular weight is 508 g/mol. The molecule has 6 heterocycles. The van der Waals surface area contributed by atoms with Crippen molar-refractivity contribution in [2.75, 3.05) is 51.2 Å². The van der Waals surface area contributed by atoms with Crippen LogP contribution in [0.2, 0.25) is 0 Å². The number of H-pyrrole nitrogens is 2. The monoisotopic (exact) mass is 507 g/mol. The molecule has 0 unspecified atom stereocenters. The number of likely N-dealkylation sites (N-methyl/N-ethyl adjacent to an activating group) is 1. The van der Waals surface area contributed by atoms with E-state index in [4.69, 9.17) is 4.98 Å². The third-order valence-corrected chi connectivity index (χ3v) is 7.99. The van der Waals surface area contributed by atoms with Gasteiger partial charge in [-0.1, -0.05) is 12.5 Å². The van der Waals surface area contributed by atoms with Crippen LogP contribution in [-0.2, 0) is 6.54 Å². The Labute approximate surface area is 221 Å². The predicted molar refractivity (Wildman–Crippen MR) is 151 cm³/mol. The molecule has 9 heteroatoms. The van der Waals surface area contributed by atoms with E-state index in [1.807, 2.05) is 24.8 Å². The smallest absolute Gasteiger partial charge is 0.159 e. The number of hydrogen-bond donors (Lipinski definition) is 2. The number of benzene rings is 1. The van der Waals surface area contributed by atoms with Gasteiger partial charge < -0.3 is 14.8 Å². The molecule has 0 spiro atoms. The Morgan fingerprint density at radius 1 is 0.816 bits per heavy atom. The second-order valence-electron chi connectivity index (χ2n) is 10.7. The predicted octanol–water partition coefficient (Wildman–Crippen LogP) is 4.30. The number of pyridine rings is 2. The molecule has 2 saturated heterocycles. The Bertz CT molecular complexity index is 1570. The summed E-state index contributed by atoms with van der Waals surface area (Å²) < 4.78 is 0. The van der Waals surface area contributed by atoms with Crippen LogP contribution in [-0.4, -0.2) is 86.2 Å². The lowest BCUT2D eigenvalue weighted by Gasteiger charge is -2.33. The van der Waals surface area contributed by atoms with E-state index in [2.05, 4.69) is 71.2 Å². The third kappa shape index (κ3) is 4.41. The maximum Gasteiger partial charge on any atom is 0.159 e. The van der Waals surface area contributed by atoms with Gasteiger partial charge in [0, 0.05) is 56.1 Å². The first-order valence-electron chi connectivity index (χ1n) is 13.6. The van der Waals surface area contributed by atoms with E-state index in [-0.39, 0.29) is 0 Å². The number of nitrogens with zero attached hydrogens (tertiary/aromatic N) is 7. The van der Waals surface area contributed by atoms with Gasteiger partial charge in [0.2, 0.25) is 0 Å². The van der Waals surface area contributed by atoms with Gasteiger partial charge in [0.1, 0.15) is 11.2 Å². The second kappa shape index (κ2) is 9.81. The van der Waals surface area contributed by atoms with Crippen molar-refractivity contribution in [3.63, 3.8) is 0 Å². The van der Waals surface area contributed by atoms with Crippen LogP contribution in [0.25, 0.3) is 44.6 Å². The molecule has 0 radical (unpaired) electrons. The van der Waals surface area contributed by atoms with Gasteiger partial charge in [-0.05, 0) is 62.3 Å². The summed E-state index contributed by atoms with van der Waals surface area (Å²) in [5.41, 5.74) is 8.27. The molecule has 9 nitrogen and oxygen atoms in total. The fraction of sp³-hybridized carbons (Fsp3) is 0.379. The highest BCUT2D eigenvalue weighted by atomic mass is 15.3. The highest BCUT2D eigenvalue weighted by Crippen LogP contribution is 2.32. The van der Waals surface area contributed by atoms with Gasteiger partial charge in [-0.15, -0.1) is 0 Å². The molecule has 1 aromatic carbocycles. The Hall–Kier alpha value is -3.82. The summed E-state index contributed by atoms with van der Waals surface area (Å²) in [5.74, 6) is 0.753. The fourth-order valence-corrected chi connectivity index (χ4v) is 5.79. The van der Waals surface area contributed by atoms with E-state index >= 15 is 0 Å². The standard InChI is InChI=1S/C29H33N9/c1-36-9-11-38(12-10-36)26-18-31-17-25-28(26)33-29(32-25)27-23-14-21(5-6-24(23)34-35-27)22-13-20(15-30-16-22)19-37-7-3-2-4-8-37/h5-6,13-18H,2-4,7-12,19H2,1H3,(H,32,33)(H,34,35). The summed E-state index contributed by atoms with van der Waals surface area (Å²) in [6, 6.07) is 8.71. The Morgan fingerprint density at radius 2 is 1.66 bits per heavy atom. The van der Waals surface area contributed by atoms with Gasteiger partial charge >= 0.3 is 0 Å². The summed E-state index contributed by atoms with van der Waals surface area (Å²) in [7, 11) is 2.17. The zero-order chi connectivity index (χ0) is 25.5. The largest absolute Gasteiger partial charge is 0.366 e. The van der Waals surface area contributed by atoms with Crippen LogP contribution < -0.4 is 4.90 Å².